The Kier molecular flexibility index (Phi) is 3.06. The number of hydrogen-bond acceptors (Lipinski definition) is 6. The molecule has 0 aromatic carbocycles. The van der Waals surface area contributed by atoms with Crippen LogP contribution in [0.15, 0.2) is 3.92 Å². The normalized spacial score (nSPS) is 26.3. The van der Waals surface area contributed by atoms with E-state index >= 15 is 0 Å². The minimum Gasteiger partial charge on any atom is -0.381 e. The molecule has 1 amide bonds. The molecule has 104 valence electrons. The van der Waals surface area contributed by atoms with Crippen molar-refractivity contribution in [1.82, 2.24) is 15.1 Å². The minimum atomic E-state index is -1.29. The summed E-state index contributed by atoms with van der Waals surface area (Å²) in [6.45, 7) is 4.62. The van der Waals surface area contributed by atoms with Crippen molar-refractivity contribution in [3.63, 3.8) is 0 Å². The molecular weight excluding hydrogens is 332 g/mol. The molecule has 2 bridgehead atoms. The smallest absolute Gasteiger partial charge is 0.254 e. The highest BCUT2D eigenvalue weighted by molar-refractivity contribution is 9.11. The Bertz CT molecular complexity index is 503. The number of amides is 1. The maximum Gasteiger partial charge on any atom is 0.254 e. The van der Waals surface area contributed by atoms with Crippen LogP contribution in [0.3, 0.4) is 0 Å². The quantitative estimate of drug-likeness (QED) is 0.860. The molecule has 8 heteroatoms. The van der Waals surface area contributed by atoms with E-state index in [0.29, 0.717) is 0 Å². The van der Waals surface area contributed by atoms with Gasteiger partial charge in [-0.3, -0.25) is 4.79 Å². The number of halogens is 1. The summed E-state index contributed by atoms with van der Waals surface area (Å²) in [7, 11) is 0. The number of fused-ring (bicyclic) bond motifs is 2. The van der Waals surface area contributed by atoms with Gasteiger partial charge in [0.1, 0.15) is 5.60 Å². The van der Waals surface area contributed by atoms with Crippen molar-refractivity contribution < 1.29 is 9.90 Å². The van der Waals surface area contributed by atoms with Gasteiger partial charge in [-0.15, -0.1) is 10.2 Å². The summed E-state index contributed by atoms with van der Waals surface area (Å²) in [6, 6.07) is 0.362. The summed E-state index contributed by atoms with van der Waals surface area (Å²) < 4.78 is 0.770. The molecule has 4 heterocycles. The lowest BCUT2D eigenvalue weighted by molar-refractivity contribution is -0.163. The molecule has 19 heavy (non-hydrogen) atoms. The van der Waals surface area contributed by atoms with Gasteiger partial charge in [-0.25, -0.2) is 0 Å². The molecule has 3 aliphatic rings. The van der Waals surface area contributed by atoms with Crippen LogP contribution >= 0.6 is 27.3 Å². The van der Waals surface area contributed by atoms with E-state index in [2.05, 4.69) is 31.0 Å². The van der Waals surface area contributed by atoms with Crippen LogP contribution in [0.1, 0.15) is 20.3 Å². The molecule has 1 aromatic rings. The fourth-order valence-corrected chi connectivity index (χ4v) is 3.85. The van der Waals surface area contributed by atoms with E-state index in [9.17, 15) is 9.90 Å². The Morgan fingerprint density at radius 2 is 2.05 bits per heavy atom. The first kappa shape index (κ1) is 13.3. The van der Waals surface area contributed by atoms with Crippen LogP contribution in [0.2, 0.25) is 0 Å². The number of nitrogens with zero attached hydrogens (tertiary/aromatic N) is 4. The number of aromatic nitrogens is 2. The number of carbonyl (C=O) groups is 1. The van der Waals surface area contributed by atoms with E-state index in [-0.39, 0.29) is 18.0 Å². The first-order chi connectivity index (χ1) is 8.86. The molecule has 3 fully saturated rings. The van der Waals surface area contributed by atoms with Gasteiger partial charge >= 0.3 is 0 Å². The number of carbonyl (C=O) groups excluding carboxylic acids is 1. The van der Waals surface area contributed by atoms with Crippen molar-refractivity contribution in [3.05, 3.63) is 3.92 Å². The van der Waals surface area contributed by atoms with Gasteiger partial charge in [0.05, 0.1) is 12.1 Å². The van der Waals surface area contributed by atoms with Gasteiger partial charge < -0.3 is 14.9 Å². The minimum absolute atomic E-state index is 0.174. The lowest BCUT2D eigenvalue weighted by atomic mass is 9.85. The Labute approximate surface area is 123 Å². The molecule has 0 aliphatic carbocycles. The molecule has 3 saturated heterocycles. The second-order valence-electron chi connectivity index (χ2n) is 5.56. The fourth-order valence-electron chi connectivity index (χ4n) is 2.74. The topological polar surface area (TPSA) is 69.6 Å². The van der Waals surface area contributed by atoms with Crippen LogP contribution in [0.5, 0.6) is 0 Å². The summed E-state index contributed by atoms with van der Waals surface area (Å²) in [6.07, 6.45) is 1.01. The molecule has 4 rings (SSSR count). The summed E-state index contributed by atoms with van der Waals surface area (Å²) in [4.78, 5) is 16.1. The molecule has 2 unspecified atom stereocenters. The van der Waals surface area contributed by atoms with E-state index in [1.807, 2.05) is 4.90 Å². The van der Waals surface area contributed by atoms with Crippen molar-refractivity contribution in [1.29, 1.82) is 0 Å². The van der Waals surface area contributed by atoms with Crippen LogP contribution < -0.4 is 4.90 Å². The Morgan fingerprint density at radius 3 is 2.53 bits per heavy atom. The van der Waals surface area contributed by atoms with Crippen LogP contribution in [0, 0.1) is 0 Å². The molecule has 1 aromatic heterocycles. The third-order valence-electron chi connectivity index (χ3n) is 3.61. The lowest BCUT2D eigenvalue weighted by Crippen LogP contribution is -2.72. The highest BCUT2D eigenvalue weighted by Gasteiger charge is 2.50. The number of anilines is 1. The number of rotatable bonds is 2. The molecule has 0 spiro atoms. The number of piperazine rings is 1. The van der Waals surface area contributed by atoms with E-state index in [1.165, 1.54) is 11.3 Å². The van der Waals surface area contributed by atoms with E-state index in [0.717, 1.165) is 28.6 Å². The maximum absolute atomic E-state index is 12.1. The Hall–Kier alpha value is -0.730. The second kappa shape index (κ2) is 4.39. The van der Waals surface area contributed by atoms with Gasteiger partial charge in [0.25, 0.3) is 5.91 Å². The third-order valence-corrected chi connectivity index (χ3v) is 5.03. The maximum atomic E-state index is 12.1. The average molecular weight is 347 g/mol. The van der Waals surface area contributed by atoms with Gasteiger partial charge in [-0.2, -0.15) is 0 Å². The van der Waals surface area contributed by atoms with Gasteiger partial charge in [0, 0.05) is 13.1 Å². The Morgan fingerprint density at radius 1 is 1.42 bits per heavy atom. The predicted molar refractivity (Wildman–Crippen MR) is 75.2 cm³/mol. The highest BCUT2D eigenvalue weighted by atomic mass is 79.9. The van der Waals surface area contributed by atoms with Gasteiger partial charge in [-0.1, -0.05) is 11.3 Å². The molecular formula is C11H15BrN4O2S. The zero-order valence-electron chi connectivity index (χ0n) is 10.7. The summed E-state index contributed by atoms with van der Waals surface area (Å²) in [5.74, 6) is -0.174. The highest BCUT2D eigenvalue weighted by Crippen LogP contribution is 2.37. The fraction of sp³-hybridized carbons (Fsp3) is 0.727. The first-order valence-corrected chi connectivity index (χ1v) is 7.76. The lowest BCUT2D eigenvalue weighted by Gasteiger charge is -2.57. The second-order valence-corrected chi connectivity index (χ2v) is 7.79. The number of piperidine rings is 1. The zero-order chi connectivity index (χ0) is 13.8. The molecule has 1 N–H and O–H groups in total. The van der Waals surface area contributed by atoms with Crippen molar-refractivity contribution in [3.8, 4) is 0 Å². The molecule has 6 nitrogen and oxygen atoms in total. The van der Waals surface area contributed by atoms with Crippen molar-refractivity contribution in [2.24, 2.45) is 0 Å². The molecule has 0 radical (unpaired) electrons. The van der Waals surface area contributed by atoms with E-state index < -0.39 is 5.60 Å². The summed E-state index contributed by atoms with van der Waals surface area (Å²) >= 11 is 4.81. The van der Waals surface area contributed by atoms with Gasteiger partial charge in [0.2, 0.25) is 5.13 Å². The largest absolute Gasteiger partial charge is 0.381 e. The van der Waals surface area contributed by atoms with Crippen molar-refractivity contribution in [2.45, 2.75) is 38.0 Å². The predicted octanol–water partition coefficient (Wildman–Crippen LogP) is 0.861. The van der Waals surface area contributed by atoms with Crippen LogP contribution in [0.4, 0.5) is 5.13 Å². The van der Waals surface area contributed by atoms with Crippen LogP contribution in [0.25, 0.3) is 0 Å². The number of aliphatic hydroxyl groups is 1. The number of hydrogen-bond donors (Lipinski definition) is 1. The van der Waals surface area contributed by atoms with Gasteiger partial charge in [0.15, 0.2) is 3.92 Å². The monoisotopic (exact) mass is 346 g/mol. The van der Waals surface area contributed by atoms with Crippen LogP contribution in [-0.4, -0.2) is 56.9 Å². The SMILES string of the molecule is CC(C)(O)C(=O)N1C2CC1CN(c1nnc(Br)s1)C2. The van der Waals surface area contributed by atoms with E-state index in [4.69, 9.17) is 0 Å². The van der Waals surface area contributed by atoms with E-state index in [1.54, 1.807) is 13.8 Å². The zero-order valence-corrected chi connectivity index (χ0v) is 13.1. The molecule has 3 aliphatic heterocycles. The average Bonchev–Trinajstić information content (AvgIpc) is 2.75. The van der Waals surface area contributed by atoms with Crippen molar-refractivity contribution in [2.75, 3.05) is 18.0 Å². The third kappa shape index (κ3) is 2.25. The standard InChI is InChI=1S/C11H15BrN4O2S/c1-11(2,18)8(17)16-6-3-7(16)5-15(4-6)10-14-13-9(12)19-10/h6-7,18H,3-5H2,1-2H3. The van der Waals surface area contributed by atoms with Gasteiger partial charge in [-0.05, 0) is 36.2 Å². The summed E-state index contributed by atoms with van der Waals surface area (Å²) in [5, 5.41) is 18.8. The van der Waals surface area contributed by atoms with Crippen molar-refractivity contribution >= 4 is 38.3 Å². The van der Waals surface area contributed by atoms with Crippen LogP contribution in [-0.2, 0) is 4.79 Å². The molecule has 0 saturated carbocycles. The first-order valence-electron chi connectivity index (χ1n) is 6.15. The molecule has 2 atom stereocenters. The Balaban J connectivity index is 1.71. The summed E-state index contributed by atoms with van der Waals surface area (Å²) in [5.41, 5.74) is -1.29.